The molecular formula is C19H28N2O2. The second kappa shape index (κ2) is 7.82. The first-order valence-electron chi connectivity index (χ1n) is 9.02. The summed E-state index contributed by atoms with van der Waals surface area (Å²) in [5.41, 5.74) is 1.12. The van der Waals surface area contributed by atoms with E-state index < -0.39 is 0 Å². The Hall–Kier alpha value is -1.55. The molecule has 1 aromatic carbocycles. The van der Waals surface area contributed by atoms with E-state index in [2.05, 4.69) is 22.3 Å². The van der Waals surface area contributed by atoms with Crippen LogP contribution in [0.4, 0.5) is 4.79 Å². The average Bonchev–Trinajstić information content (AvgIpc) is 2.99. The molecule has 1 aliphatic carbocycles. The van der Waals surface area contributed by atoms with Crippen LogP contribution in [0.15, 0.2) is 30.3 Å². The predicted octanol–water partition coefficient (Wildman–Crippen LogP) is 3.47. The Labute approximate surface area is 138 Å². The number of carbonyl (C=O) groups is 1. The van der Waals surface area contributed by atoms with Crippen LogP contribution < -0.4 is 5.32 Å². The van der Waals surface area contributed by atoms with Gasteiger partial charge in [0.2, 0.25) is 0 Å². The molecule has 2 atom stereocenters. The van der Waals surface area contributed by atoms with Gasteiger partial charge in [-0.1, -0.05) is 36.8 Å². The van der Waals surface area contributed by atoms with Gasteiger partial charge in [0.1, 0.15) is 0 Å². The van der Waals surface area contributed by atoms with Gasteiger partial charge in [0.15, 0.2) is 0 Å². The molecule has 4 nitrogen and oxygen atoms in total. The molecule has 1 heterocycles. The molecule has 0 spiro atoms. The molecule has 2 unspecified atom stereocenters. The van der Waals surface area contributed by atoms with E-state index in [-0.39, 0.29) is 18.7 Å². The van der Waals surface area contributed by atoms with Crippen LogP contribution in [-0.4, -0.2) is 35.2 Å². The zero-order valence-corrected chi connectivity index (χ0v) is 13.8. The number of urea groups is 1. The minimum absolute atomic E-state index is 0.0153. The Bertz CT molecular complexity index is 501. The van der Waals surface area contributed by atoms with Crippen LogP contribution in [0.2, 0.25) is 0 Å². The van der Waals surface area contributed by atoms with Crippen molar-refractivity contribution >= 4 is 6.03 Å². The first-order chi connectivity index (χ1) is 11.3. The number of rotatable bonds is 6. The largest absolute Gasteiger partial charge is 0.396 e. The highest BCUT2D eigenvalue weighted by Gasteiger charge is 2.37. The summed E-state index contributed by atoms with van der Waals surface area (Å²) in [6, 6.07) is 10.6. The summed E-state index contributed by atoms with van der Waals surface area (Å²) in [4.78, 5) is 14.9. The van der Waals surface area contributed by atoms with Gasteiger partial charge in [-0.05, 0) is 50.0 Å². The summed E-state index contributed by atoms with van der Waals surface area (Å²) in [6.45, 7) is 1.04. The summed E-state index contributed by atoms with van der Waals surface area (Å²) in [7, 11) is 0. The lowest BCUT2D eigenvalue weighted by molar-refractivity contribution is 0.136. The minimum Gasteiger partial charge on any atom is -0.396 e. The predicted molar refractivity (Wildman–Crippen MR) is 91.1 cm³/mol. The van der Waals surface area contributed by atoms with E-state index in [1.165, 1.54) is 19.3 Å². The smallest absolute Gasteiger partial charge is 0.318 e. The van der Waals surface area contributed by atoms with Crippen molar-refractivity contribution in [3.05, 3.63) is 35.9 Å². The zero-order valence-electron chi connectivity index (χ0n) is 13.8. The third kappa shape index (κ3) is 3.86. The Kier molecular flexibility index (Phi) is 5.55. The number of nitrogens with zero attached hydrogens (tertiary/aromatic N) is 1. The molecule has 0 aromatic heterocycles. The van der Waals surface area contributed by atoms with Crippen LogP contribution in [0.1, 0.15) is 56.6 Å². The van der Waals surface area contributed by atoms with Crippen molar-refractivity contribution in [3.8, 4) is 0 Å². The maximum atomic E-state index is 12.8. The number of benzene rings is 1. The third-order valence-electron chi connectivity index (χ3n) is 5.40. The SMILES string of the molecule is O=C(NC(CCCO)c1ccccc1)N1CCCC1C1CCC1. The van der Waals surface area contributed by atoms with Gasteiger partial charge in [0.25, 0.3) is 0 Å². The van der Waals surface area contributed by atoms with Gasteiger partial charge in [-0.2, -0.15) is 0 Å². The molecular weight excluding hydrogens is 288 g/mol. The lowest BCUT2D eigenvalue weighted by Crippen LogP contribution is -2.48. The molecule has 23 heavy (non-hydrogen) atoms. The van der Waals surface area contributed by atoms with Gasteiger partial charge in [0.05, 0.1) is 6.04 Å². The highest BCUT2D eigenvalue weighted by atomic mass is 16.3. The molecule has 2 fully saturated rings. The Balaban J connectivity index is 1.65. The summed E-state index contributed by atoms with van der Waals surface area (Å²) in [5, 5.41) is 12.4. The van der Waals surface area contributed by atoms with Gasteiger partial charge in [-0.3, -0.25) is 0 Å². The van der Waals surface area contributed by atoms with Gasteiger partial charge in [-0.25, -0.2) is 4.79 Å². The highest BCUT2D eigenvalue weighted by molar-refractivity contribution is 5.75. The van der Waals surface area contributed by atoms with E-state index >= 15 is 0 Å². The summed E-state index contributed by atoms with van der Waals surface area (Å²) >= 11 is 0. The van der Waals surface area contributed by atoms with Gasteiger partial charge in [-0.15, -0.1) is 0 Å². The van der Waals surface area contributed by atoms with E-state index in [1.807, 2.05) is 18.2 Å². The van der Waals surface area contributed by atoms with Crippen LogP contribution in [0.25, 0.3) is 0 Å². The molecule has 1 saturated carbocycles. The Morgan fingerprint density at radius 2 is 2.00 bits per heavy atom. The van der Waals surface area contributed by atoms with Crippen molar-refractivity contribution < 1.29 is 9.90 Å². The number of amides is 2. The summed E-state index contributed by atoms with van der Waals surface area (Å²) in [6.07, 6.45) is 7.63. The molecule has 2 amide bonds. The first kappa shape index (κ1) is 16.3. The third-order valence-corrected chi connectivity index (χ3v) is 5.40. The fourth-order valence-corrected chi connectivity index (χ4v) is 3.89. The van der Waals surface area contributed by atoms with E-state index in [0.29, 0.717) is 12.5 Å². The van der Waals surface area contributed by atoms with Crippen LogP contribution in [0, 0.1) is 5.92 Å². The summed E-state index contributed by atoms with van der Waals surface area (Å²) < 4.78 is 0. The molecule has 0 radical (unpaired) electrons. The van der Waals surface area contributed by atoms with E-state index in [4.69, 9.17) is 5.11 Å². The quantitative estimate of drug-likeness (QED) is 0.844. The van der Waals surface area contributed by atoms with Crippen molar-refractivity contribution in [2.24, 2.45) is 5.92 Å². The number of likely N-dealkylation sites (tertiary alicyclic amines) is 1. The number of hydrogen-bond donors (Lipinski definition) is 2. The van der Waals surface area contributed by atoms with Crippen LogP contribution in [0.3, 0.4) is 0 Å². The molecule has 3 rings (SSSR count). The van der Waals surface area contributed by atoms with Crippen LogP contribution >= 0.6 is 0 Å². The number of nitrogens with one attached hydrogen (secondary N) is 1. The minimum atomic E-state index is -0.0153. The van der Waals surface area contributed by atoms with E-state index in [1.54, 1.807) is 0 Å². The molecule has 2 aliphatic rings. The van der Waals surface area contributed by atoms with Crippen molar-refractivity contribution in [2.75, 3.05) is 13.2 Å². The highest BCUT2D eigenvalue weighted by Crippen LogP contribution is 2.37. The number of aliphatic hydroxyl groups excluding tert-OH is 1. The lowest BCUT2D eigenvalue weighted by atomic mass is 9.79. The van der Waals surface area contributed by atoms with E-state index in [9.17, 15) is 4.79 Å². The second-order valence-electron chi connectivity index (χ2n) is 6.87. The molecule has 1 aromatic rings. The molecule has 0 bridgehead atoms. The number of aliphatic hydroxyl groups is 1. The topological polar surface area (TPSA) is 52.6 Å². The van der Waals surface area contributed by atoms with Crippen molar-refractivity contribution in [3.63, 3.8) is 0 Å². The van der Waals surface area contributed by atoms with Gasteiger partial charge >= 0.3 is 6.03 Å². The standard InChI is InChI=1S/C19H28N2O2/c22-14-6-11-17(15-7-2-1-3-8-15)20-19(23)21-13-5-12-18(21)16-9-4-10-16/h1-3,7-8,16-18,22H,4-6,9-14H2,(H,20,23). The molecule has 1 saturated heterocycles. The lowest BCUT2D eigenvalue weighted by Gasteiger charge is -2.37. The molecule has 126 valence electrons. The van der Waals surface area contributed by atoms with Crippen LogP contribution in [0.5, 0.6) is 0 Å². The molecule has 1 aliphatic heterocycles. The van der Waals surface area contributed by atoms with E-state index in [0.717, 1.165) is 37.3 Å². The maximum absolute atomic E-state index is 12.8. The zero-order chi connectivity index (χ0) is 16.1. The number of carbonyl (C=O) groups excluding carboxylic acids is 1. The molecule has 2 N–H and O–H groups in total. The Morgan fingerprint density at radius 3 is 2.65 bits per heavy atom. The molecule has 4 heteroatoms. The normalized spacial score (nSPS) is 22.7. The fraction of sp³-hybridized carbons (Fsp3) is 0.632. The second-order valence-corrected chi connectivity index (χ2v) is 6.87. The van der Waals surface area contributed by atoms with Crippen molar-refractivity contribution in [1.82, 2.24) is 10.2 Å². The summed E-state index contributed by atoms with van der Waals surface area (Å²) in [5.74, 6) is 0.718. The fourth-order valence-electron chi connectivity index (χ4n) is 3.89. The van der Waals surface area contributed by atoms with Gasteiger partial charge in [0, 0.05) is 19.2 Å². The van der Waals surface area contributed by atoms with Crippen molar-refractivity contribution in [2.45, 2.75) is 57.0 Å². The Morgan fingerprint density at radius 1 is 1.22 bits per heavy atom. The van der Waals surface area contributed by atoms with Gasteiger partial charge < -0.3 is 15.3 Å². The first-order valence-corrected chi connectivity index (χ1v) is 9.02. The maximum Gasteiger partial charge on any atom is 0.318 e. The van der Waals surface area contributed by atoms with Crippen LogP contribution in [-0.2, 0) is 0 Å². The monoisotopic (exact) mass is 316 g/mol. The number of hydrogen-bond acceptors (Lipinski definition) is 2. The average molecular weight is 316 g/mol. The van der Waals surface area contributed by atoms with Crippen molar-refractivity contribution in [1.29, 1.82) is 0 Å².